The molecule has 96 valence electrons. The molecular weight excluding hydrogens is 236 g/mol. The Morgan fingerprint density at radius 1 is 1.41 bits per heavy atom. The van der Waals surface area contributed by atoms with Gasteiger partial charge in [-0.3, -0.25) is 4.79 Å². The van der Waals surface area contributed by atoms with Crippen LogP contribution in [-0.2, 0) is 9.53 Å². The van der Waals surface area contributed by atoms with Crippen LogP contribution < -0.4 is 5.73 Å². The average Bonchev–Trinajstić information content (AvgIpc) is 2.13. The van der Waals surface area contributed by atoms with Crippen LogP contribution in [0.2, 0.25) is 0 Å². The van der Waals surface area contributed by atoms with Gasteiger partial charge in [-0.05, 0) is 26.7 Å². The van der Waals surface area contributed by atoms with Crippen LogP contribution >= 0.6 is 12.2 Å². The number of rotatable bonds is 2. The Balaban J connectivity index is 2.21. The summed E-state index contributed by atoms with van der Waals surface area (Å²) in [6.07, 6.45) is 2.64. The molecular formula is C12H20N2O2S. The Hall–Kier alpha value is -0.680. The van der Waals surface area contributed by atoms with E-state index in [-0.39, 0.29) is 11.4 Å². The summed E-state index contributed by atoms with van der Waals surface area (Å²) in [6.45, 7) is 5.86. The lowest BCUT2D eigenvalue weighted by Gasteiger charge is -2.49. The molecule has 2 aliphatic rings. The zero-order valence-corrected chi connectivity index (χ0v) is 11.3. The molecule has 1 saturated heterocycles. The summed E-state index contributed by atoms with van der Waals surface area (Å²) in [5.41, 5.74) is 4.95. The number of amides is 1. The van der Waals surface area contributed by atoms with Gasteiger partial charge in [0.1, 0.15) is 0 Å². The van der Waals surface area contributed by atoms with Gasteiger partial charge in [-0.25, -0.2) is 0 Å². The Bertz CT molecular complexity index is 350. The highest BCUT2D eigenvalue weighted by atomic mass is 32.1. The van der Waals surface area contributed by atoms with Gasteiger partial charge in [0.05, 0.1) is 29.2 Å². The third-order valence-electron chi connectivity index (χ3n) is 3.98. The van der Waals surface area contributed by atoms with Crippen LogP contribution in [0.1, 0.15) is 33.1 Å². The monoisotopic (exact) mass is 256 g/mol. The number of nitrogens with two attached hydrogens (primary N) is 1. The molecule has 0 atom stereocenters. The smallest absolute Gasteiger partial charge is 0.236 e. The van der Waals surface area contributed by atoms with Crippen LogP contribution in [0.15, 0.2) is 0 Å². The molecule has 4 nitrogen and oxygen atoms in total. The second-order valence-corrected chi connectivity index (χ2v) is 6.06. The van der Waals surface area contributed by atoms with Crippen molar-refractivity contribution < 1.29 is 9.53 Å². The van der Waals surface area contributed by atoms with E-state index < -0.39 is 5.41 Å². The third-order valence-corrected chi connectivity index (χ3v) is 4.37. The first kappa shape index (κ1) is 12.8. The Labute approximate surface area is 107 Å². The molecule has 1 saturated carbocycles. The van der Waals surface area contributed by atoms with Crippen LogP contribution in [-0.4, -0.2) is 41.1 Å². The number of ether oxygens (including phenoxy) is 1. The molecule has 0 aromatic heterocycles. The van der Waals surface area contributed by atoms with Gasteiger partial charge in [0.2, 0.25) is 5.91 Å². The number of carbonyl (C=O) groups is 1. The minimum absolute atomic E-state index is 0.101. The van der Waals surface area contributed by atoms with Gasteiger partial charge in [0.25, 0.3) is 0 Å². The van der Waals surface area contributed by atoms with Crippen LogP contribution in [0.25, 0.3) is 0 Å². The molecule has 5 heteroatoms. The maximum absolute atomic E-state index is 12.7. The van der Waals surface area contributed by atoms with Gasteiger partial charge in [0.15, 0.2) is 0 Å². The zero-order valence-electron chi connectivity index (χ0n) is 10.5. The number of carbonyl (C=O) groups excluding carboxylic acids is 1. The molecule has 2 fully saturated rings. The molecule has 2 N–H and O–H groups in total. The van der Waals surface area contributed by atoms with E-state index in [9.17, 15) is 4.79 Å². The first-order valence-electron chi connectivity index (χ1n) is 6.10. The van der Waals surface area contributed by atoms with E-state index in [4.69, 9.17) is 22.7 Å². The van der Waals surface area contributed by atoms with Crippen LogP contribution in [0.4, 0.5) is 0 Å². The van der Waals surface area contributed by atoms with Crippen molar-refractivity contribution >= 4 is 23.1 Å². The fourth-order valence-electron chi connectivity index (χ4n) is 2.59. The molecule has 1 aliphatic carbocycles. The van der Waals surface area contributed by atoms with Crippen molar-refractivity contribution in [3.63, 3.8) is 0 Å². The number of hydrogen-bond acceptors (Lipinski definition) is 3. The minimum atomic E-state index is -0.566. The third kappa shape index (κ3) is 1.95. The van der Waals surface area contributed by atoms with Crippen LogP contribution in [0.5, 0.6) is 0 Å². The maximum Gasteiger partial charge on any atom is 0.236 e. The first-order valence-corrected chi connectivity index (χ1v) is 6.51. The minimum Gasteiger partial charge on any atom is -0.392 e. The topological polar surface area (TPSA) is 55.6 Å². The van der Waals surface area contributed by atoms with E-state index in [2.05, 4.69) is 0 Å². The molecule has 2 rings (SSSR count). The molecule has 0 aromatic rings. The van der Waals surface area contributed by atoms with Crippen LogP contribution in [0, 0.1) is 5.41 Å². The summed E-state index contributed by atoms with van der Waals surface area (Å²) >= 11 is 5.10. The van der Waals surface area contributed by atoms with Gasteiger partial charge < -0.3 is 15.4 Å². The average molecular weight is 256 g/mol. The molecule has 0 radical (unpaired) electrons. The van der Waals surface area contributed by atoms with E-state index in [1.807, 2.05) is 18.7 Å². The summed E-state index contributed by atoms with van der Waals surface area (Å²) in [7, 11) is 0. The van der Waals surface area contributed by atoms with Gasteiger partial charge in [-0.15, -0.1) is 0 Å². The van der Waals surface area contributed by atoms with E-state index >= 15 is 0 Å². The molecule has 1 amide bonds. The fourth-order valence-corrected chi connectivity index (χ4v) is 2.88. The van der Waals surface area contributed by atoms with Gasteiger partial charge in [-0.1, -0.05) is 18.6 Å². The van der Waals surface area contributed by atoms with Crippen LogP contribution in [0.3, 0.4) is 0 Å². The van der Waals surface area contributed by atoms with Crippen molar-refractivity contribution in [2.45, 2.75) is 38.6 Å². The summed E-state index contributed by atoms with van der Waals surface area (Å²) < 4.78 is 5.43. The molecule has 0 unspecified atom stereocenters. The summed E-state index contributed by atoms with van der Waals surface area (Å²) in [5.74, 6) is 0.101. The van der Waals surface area contributed by atoms with Crippen molar-refractivity contribution in [1.82, 2.24) is 4.90 Å². The normalized spacial score (nSPS) is 26.1. The highest BCUT2D eigenvalue weighted by Crippen LogP contribution is 2.44. The van der Waals surface area contributed by atoms with Gasteiger partial charge in [0, 0.05) is 6.54 Å². The highest BCUT2D eigenvalue weighted by Gasteiger charge is 2.51. The maximum atomic E-state index is 12.7. The lowest BCUT2D eigenvalue weighted by atomic mass is 9.67. The number of morpholine rings is 1. The predicted octanol–water partition coefficient (Wildman–Crippen LogP) is 1.08. The van der Waals surface area contributed by atoms with Crippen molar-refractivity contribution in [2.75, 3.05) is 19.8 Å². The molecule has 0 bridgehead atoms. The summed E-state index contributed by atoms with van der Waals surface area (Å²) in [5, 5.41) is 0. The van der Waals surface area contributed by atoms with Crippen molar-refractivity contribution in [1.29, 1.82) is 0 Å². The number of thiocarbonyl (C=S) groups is 1. The fraction of sp³-hybridized carbons (Fsp3) is 0.833. The lowest BCUT2D eigenvalue weighted by molar-refractivity contribution is -0.157. The summed E-state index contributed by atoms with van der Waals surface area (Å²) in [6, 6.07) is 0. The van der Waals surface area contributed by atoms with Crippen molar-refractivity contribution in [3.8, 4) is 0 Å². The van der Waals surface area contributed by atoms with Crippen molar-refractivity contribution in [3.05, 3.63) is 0 Å². The Kier molecular flexibility index (Phi) is 3.16. The number of nitrogens with zero attached hydrogens (tertiary/aromatic N) is 1. The second kappa shape index (κ2) is 4.21. The molecule has 1 aliphatic heterocycles. The van der Waals surface area contributed by atoms with E-state index in [0.29, 0.717) is 24.7 Å². The largest absolute Gasteiger partial charge is 0.392 e. The molecule has 1 heterocycles. The SMILES string of the molecule is CC1(C)COCCN1C(=O)C1(C(N)=S)CCC1. The molecule has 0 aromatic carbocycles. The van der Waals surface area contributed by atoms with E-state index in [1.54, 1.807) is 0 Å². The van der Waals surface area contributed by atoms with Gasteiger partial charge in [-0.2, -0.15) is 0 Å². The molecule has 0 spiro atoms. The second-order valence-electron chi connectivity index (χ2n) is 5.62. The van der Waals surface area contributed by atoms with E-state index in [1.165, 1.54) is 0 Å². The predicted molar refractivity (Wildman–Crippen MR) is 69.7 cm³/mol. The number of hydrogen-bond donors (Lipinski definition) is 1. The Morgan fingerprint density at radius 3 is 2.47 bits per heavy atom. The van der Waals surface area contributed by atoms with Gasteiger partial charge >= 0.3 is 0 Å². The lowest BCUT2D eigenvalue weighted by Crippen LogP contribution is -2.63. The summed E-state index contributed by atoms with van der Waals surface area (Å²) in [4.78, 5) is 14.9. The molecule has 17 heavy (non-hydrogen) atoms. The van der Waals surface area contributed by atoms with E-state index in [0.717, 1.165) is 19.3 Å². The quantitative estimate of drug-likeness (QED) is 0.751. The van der Waals surface area contributed by atoms with Crippen molar-refractivity contribution in [2.24, 2.45) is 11.1 Å². The Morgan fingerprint density at radius 2 is 2.06 bits per heavy atom. The highest BCUT2D eigenvalue weighted by molar-refractivity contribution is 7.80. The zero-order chi connectivity index (χ0) is 12.7. The standard InChI is InChI=1S/C12H20N2O2S/c1-11(2)8-16-7-6-14(11)10(15)12(9(13)17)4-3-5-12/h3-8H2,1-2H3,(H2,13,17). The first-order chi connectivity index (χ1) is 7.90.